The van der Waals surface area contributed by atoms with E-state index in [-0.39, 0.29) is 12.6 Å². The molecule has 2 aromatic rings. The standard InChI is InChI=1S/C16H20N2O3S/c1-11-9-12(6-7-13(11)21-3)18-15(19)17-10-16(2,20)14-5-4-8-22-14/h4-9,20H,10H2,1-3H3,(H2,17,18,19)/t16-/m1/s1. The molecule has 0 fully saturated rings. The summed E-state index contributed by atoms with van der Waals surface area (Å²) in [6.45, 7) is 3.72. The van der Waals surface area contributed by atoms with Crippen molar-refractivity contribution < 1.29 is 14.6 Å². The number of benzene rings is 1. The van der Waals surface area contributed by atoms with Crippen molar-refractivity contribution in [2.75, 3.05) is 19.0 Å². The summed E-state index contributed by atoms with van der Waals surface area (Å²) in [7, 11) is 1.61. The van der Waals surface area contributed by atoms with Crippen molar-refractivity contribution in [2.45, 2.75) is 19.4 Å². The summed E-state index contributed by atoms with van der Waals surface area (Å²) in [5, 5.41) is 17.7. The molecule has 1 atom stereocenters. The number of carbonyl (C=O) groups is 1. The summed E-state index contributed by atoms with van der Waals surface area (Å²) in [5.41, 5.74) is 0.527. The van der Waals surface area contributed by atoms with E-state index in [1.807, 2.05) is 30.5 Å². The van der Waals surface area contributed by atoms with Crippen LogP contribution in [0.1, 0.15) is 17.4 Å². The number of carbonyl (C=O) groups excluding carboxylic acids is 1. The molecule has 0 unspecified atom stereocenters. The van der Waals surface area contributed by atoms with E-state index in [2.05, 4.69) is 10.6 Å². The Morgan fingerprint density at radius 2 is 2.18 bits per heavy atom. The predicted molar refractivity (Wildman–Crippen MR) is 88.6 cm³/mol. The topological polar surface area (TPSA) is 70.6 Å². The number of amides is 2. The van der Waals surface area contributed by atoms with Crippen molar-refractivity contribution >= 4 is 23.1 Å². The third-order valence-electron chi connectivity index (χ3n) is 3.30. The summed E-state index contributed by atoms with van der Waals surface area (Å²) >= 11 is 1.46. The highest BCUT2D eigenvalue weighted by atomic mass is 32.1. The number of aliphatic hydroxyl groups is 1. The van der Waals surface area contributed by atoms with E-state index in [1.54, 1.807) is 26.2 Å². The molecule has 0 aliphatic heterocycles. The fraction of sp³-hybridized carbons (Fsp3) is 0.312. The number of nitrogens with one attached hydrogen (secondary N) is 2. The number of hydrogen-bond acceptors (Lipinski definition) is 4. The number of rotatable bonds is 5. The summed E-state index contributed by atoms with van der Waals surface area (Å²) in [5.74, 6) is 0.770. The van der Waals surface area contributed by atoms with Gasteiger partial charge in [-0.2, -0.15) is 0 Å². The molecule has 0 saturated carbocycles. The second-order valence-corrected chi connectivity index (χ2v) is 6.19. The van der Waals surface area contributed by atoms with E-state index < -0.39 is 5.60 Å². The minimum absolute atomic E-state index is 0.133. The summed E-state index contributed by atoms with van der Waals surface area (Å²) in [4.78, 5) is 12.7. The van der Waals surface area contributed by atoms with Gasteiger partial charge in [-0.1, -0.05) is 6.07 Å². The molecule has 0 aliphatic carbocycles. The summed E-state index contributed by atoms with van der Waals surface area (Å²) < 4.78 is 5.18. The van der Waals surface area contributed by atoms with Crippen LogP contribution < -0.4 is 15.4 Å². The van der Waals surface area contributed by atoms with Crippen LogP contribution in [-0.2, 0) is 5.60 Å². The predicted octanol–water partition coefficient (Wildman–Crippen LogP) is 3.09. The van der Waals surface area contributed by atoms with E-state index in [0.29, 0.717) is 5.69 Å². The largest absolute Gasteiger partial charge is 0.496 e. The second-order valence-electron chi connectivity index (χ2n) is 5.24. The fourth-order valence-electron chi connectivity index (χ4n) is 2.06. The Bertz CT molecular complexity index is 639. The Morgan fingerprint density at radius 3 is 2.77 bits per heavy atom. The van der Waals surface area contributed by atoms with Crippen molar-refractivity contribution in [3.8, 4) is 5.75 Å². The minimum Gasteiger partial charge on any atom is -0.496 e. The third-order valence-corrected chi connectivity index (χ3v) is 4.42. The highest BCUT2D eigenvalue weighted by molar-refractivity contribution is 7.10. The molecule has 1 aromatic heterocycles. The zero-order chi connectivity index (χ0) is 16.2. The number of anilines is 1. The van der Waals surface area contributed by atoms with E-state index in [1.165, 1.54) is 11.3 Å². The van der Waals surface area contributed by atoms with Crippen molar-refractivity contribution in [1.29, 1.82) is 0 Å². The Labute approximate surface area is 133 Å². The zero-order valence-electron chi connectivity index (χ0n) is 12.8. The molecule has 1 aromatic carbocycles. The molecule has 5 nitrogen and oxygen atoms in total. The van der Waals surface area contributed by atoms with Crippen LogP contribution in [0, 0.1) is 6.92 Å². The molecule has 0 spiro atoms. The van der Waals surface area contributed by atoms with Crippen molar-refractivity contribution in [3.05, 3.63) is 46.2 Å². The minimum atomic E-state index is -1.08. The van der Waals surface area contributed by atoms with Gasteiger partial charge in [0.1, 0.15) is 11.4 Å². The maximum absolute atomic E-state index is 11.9. The van der Waals surface area contributed by atoms with Crippen LogP contribution in [0.25, 0.3) is 0 Å². The summed E-state index contributed by atoms with van der Waals surface area (Å²) in [6, 6.07) is 8.75. The van der Waals surface area contributed by atoms with Gasteiger partial charge in [-0.05, 0) is 49.1 Å². The van der Waals surface area contributed by atoms with E-state index in [4.69, 9.17) is 4.74 Å². The molecule has 2 amide bonds. The van der Waals surface area contributed by atoms with Gasteiger partial charge in [0.2, 0.25) is 0 Å². The summed E-state index contributed by atoms with van der Waals surface area (Å²) in [6.07, 6.45) is 0. The number of hydrogen-bond donors (Lipinski definition) is 3. The molecular formula is C16H20N2O3S. The molecule has 2 rings (SSSR count). The lowest BCUT2D eigenvalue weighted by atomic mass is 10.1. The fourth-order valence-corrected chi connectivity index (χ4v) is 2.84. The molecule has 118 valence electrons. The van der Waals surface area contributed by atoms with E-state index in [0.717, 1.165) is 16.2 Å². The lowest BCUT2D eigenvalue weighted by Gasteiger charge is -2.22. The SMILES string of the molecule is COc1ccc(NC(=O)NC[C@@](C)(O)c2cccs2)cc1C. The maximum atomic E-state index is 11.9. The van der Waals surface area contributed by atoms with Crippen molar-refractivity contribution in [3.63, 3.8) is 0 Å². The molecule has 6 heteroatoms. The van der Waals surface area contributed by atoms with Gasteiger partial charge in [0.15, 0.2) is 0 Å². The van der Waals surface area contributed by atoms with Gasteiger partial charge < -0.3 is 20.5 Å². The van der Waals surface area contributed by atoms with Gasteiger partial charge in [0, 0.05) is 10.6 Å². The number of thiophene rings is 1. The van der Waals surface area contributed by atoms with Gasteiger partial charge in [-0.3, -0.25) is 0 Å². The molecule has 0 saturated heterocycles. The number of aryl methyl sites for hydroxylation is 1. The van der Waals surface area contributed by atoms with Crippen molar-refractivity contribution in [1.82, 2.24) is 5.32 Å². The van der Waals surface area contributed by atoms with Gasteiger partial charge in [-0.25, -0.2) is 4.79 Å². The third kappa shape index (κ3) is 3.99. The second kappa shape index (κ2) is 6.81. The Hall–Kier alpha value is -2.05. The van der Waals surface area contributed by atoms with Gasteiger partial charge in [0.25, 0.3) is 0 Å². The molecular weight excluding hydrogens is 300 g/mol. The first kappa shape index (κ1) is 16.3. The molecule has 3 N–H and O–H groups in total. The molecule has 0 bridgehead atoms. The van der Waals surface area contributed by atoms with Crippen LogP contribution in [0.3, 0.4) is 0 Å². The first-order valence-corrected chi connectivity index (χ1v) is 7.76. The lowest BCUT2D eigenvalue weighted by molar-refractivity contribution is 0.0637. The zero-order valence-corrected chi connectivity index (χ0v) is 13.7. The highest BCUT2D eigenvalue weighted by Gasteiger charge is 2.24. The normalized spacial score (nSPS) is 13.3. The number of urea groups is 1. The molecule has 22 heavy (non-hydrogen) atoms. The molecule has 0 aliphatic rings. The number of methoxy groups -OCH3 is 1. The smallest absolute Gasteiger partial charge is 0.319 e. The molecule has 0 radical (unpaired) electrons. The Kier molecular flexibility index (Phi) is 5.05. The monoisotopic (exact) mass is 320 g/mol. The van der Waals surface area contributed by atoms with Crippen LogP contribution in [0.5, 0.6) is 5.75 Å². The van der Waals surface area contributed by atoms with Gasteiger partial charge in [0.05, 0.1) is 13.7 Å². The molecule has 1 heterocycles. The van der Waals surface area contributed by atoms with Crippen LogP contribution in [0.2, 0.25) is 0 Å². The Balaban J connectivity index is 1.92. The Morgan fingerprint density at radius 1 is 1.41 bits per heavy atom. The van der Waals surface area contributed by atoms with Crippen LogP contribution >= 0.6 is 11.3 Å². The average molecular weight is 320 g/mol. The van der Waals surface area contributed by atoms with Gasteiger partial charge in [-0.15, -0.1) is 11.3 Å². The van der Waals surface area contributed by atoms with Crippen molar-refractivity contribution in [2.24, 2.45) is 0 Å². The highest BCUT2D eigenvalue weighted by Crippen LogP contribution is 2.24. The average Bonchev–Trinajstić information content (AvgIpc) is 3.00. The quantitative estimate of drug-likeness (QED) is 0.793. The van der Waals surface area contributed by atoms with Gasteiger partial charge >= 0.3 is 6.03 Å². The maximum Gasteiger partial charge on any atom is 0.319 e. The van der Waals surface area contributed by atoms with Crippen LogP contribution in [-0.4, -0.2) is 24.8 Å². The van der Waals surface area contributed by atoms with Crippen LogP contribution in [0.15, 0.2) is 35.7 Å². The first-order chi connectivity index (χ1) is 10.4. The van der Waals surface area contributed by atoms with E-state index in [9.17, 15) is 9.90 Å². The lowest BCUT2D eigenvalue weighted by Crippen LogP contribution is -2.40. The van der Waals surface area contributed by atoms with E-state index >= 15 is 0 Å². The first-order valence-electron chi connectivity index (χ1n) is 6.88. The number of ether oxygens (including phenoxy) is 1. The van der Waals surface area contributed by atoms with Crippen LogP contribution in [0.4, 0.5) is 10.5 Å².